The molecule has 0 saturated heterocycles. The van der Waals surface area contributed by atoms with E-state index in [9.17, 15) is 0 Å². The van der Waals surface area contributed by atoms with Gasteiger partial charge in [0, 0.05) is 6.42 Å². The number of ether oxygens (including phenoxy) is 1. The van der Waals surface area contributed by atoms with Crippen LogP contribution in [0, 0.1) is 0 Å². The van der Waals surface area contributed by atoms with Crippen molar-refractivity contribution in [2.75, 3.05) is 6.61 Å². The maximum absolute atomic E-state index is 5.69. The predicted molar refractivity (Wildman–Crippen MR) is 62.7 cm³/mol. The quantitative estimate of drug-likeness (QED) is 0.816. The Labute approximate surface area is 99.1 Å². The summed E-state index contributed by atoms with van der Waals surface area (Å²) >= 11 is 5.69. The van der Waals surface area contributed by atoms with Gasteiger partial charge in [-0.15, -0.1) is 0 Å². The van der Waals surface area contributed by atoms with Gasteiger partial charge in [-0.25, -0.2) is 0 Å². The second kappa shape index (κ2) is 5.47. The van der Waals surface area contributed by atoms with E-state index in [-0.39, 0.29) is 0 Å². The van der Waals surface area contributed by atoms with Crippen LogP contribution in [0.15, 0.2) is 42.7 Å². The summed E-state index contributed by atoms with van der Waals surface area (Å²) in [6, 6.07) is 10.1. The molecule has 82 valence electrons. The SMILES string of the molecule is Clc1cncc(OCCc2ccccc2)n1. The summed E-state index contributed by atoms with van der Waals surface area (Å²) in [5.74, 6) is 0.462. The van der Waals surface area contributed by atoms with Crippen molar-refractivity contribution in [2.24, 2.45) is 0 Å². The Morgan fingerprint density at radius 2 is 1.94 bits per heavy atom. The van der Waals surface area contributed by atoms with E-state index in [0.29, 0.717) is 17.6 Å². The van der Waals surface area contributed by atoms with Crippen LogP contribution in [0.3, 0.4) is 0 Å². The topological polar surface area (TPSA) is 35.0 Å². The lowest BCUT2D eigenvalue weighted by molar-refractivity contribution is 0.308. The van der Waals surface area contributed by atoms with Crippen LogP contribution in [0.1, 0.15) is 5.56 Å². The van der Waals surface area contributed by atoms with Gasteiger partial charge in [-0.1, -0.05) is 41.9 Å². The lowest BCUT2D eigenvalue weighted by Gasteiger charge is -2.04. The molecule has 0 aliphatic carbocycles. The highest BCUT2D eigenvalue weighted by molar-refractivity contribution is 6.29. The van der Waals surface area contributed by atoms with Gasteiger partial charge in [0.25, 0.3) is 0 Å². The standard InChI is InChI=1S/C12H11ClN2O/c13-11-8-14-9-12(15-11)16-7-6-10-4-2-1-3-5-10/h1-5,8-9H,6-7H2. The second-order valence-corrected chi connectivity index (χ2v) is 3.65. The Bertz CT molecular complexity index is 448. The van der Waals surface area contributed by atoms with Crippen molar-refractivity contribution in [1.29, 1.82) is 0 Å². The smallest absolute Gasteiger partial charge is 0.233 e. The van der Waals surface area contributed by atoms with Crippen LogP contribution in [0.2, 0.25) is 5.15 Å². The summed E-state index contributed by atoms with van der Waals surface area (Å²) in [6.45, 7) is 0.568. The molecule has 0 saturated carbocycles. The molecule has 0 aliphatic rings. The zero-order valence-electron chi connectivity index (χ0n) is 8.64. The Kier molecular flexibility index (Phi) is 3.72. The van der Waals surface area contributed by atoms with Crippen molar-refractivity contribution in [3.63, 3.8) is 0 Å². The molecule has 0 N–H and O–H groups in total. The predicted octanol–water partition coefficient (Wildman–Crippen LogP) is 2.75. The van der Waals surface area contributed by atoms with Crippen molar-refractivity contribution < 1.29 is 4.74 Å². The fourth-order valence-corrected chi connectivity index (χ4v) is 1.45. The van der Waals surface area contributed by atoms with E-state index >= 15 is 0 Å². The summed E-state index contributed by atoms with van der Waals surface area (Å²) in [4.78, 5) is 7.88. The van der Waals surface area contributed by atoms with Gasteiger partial charge < -0.3 is 4.74 Å². The first kappa shape index (κ1) is 10.9. The van der Waals surface area contributed by atoms with Crippen LogP contribution in [0.5, 0.6) is 5.88 Å². The molecule has 0 atom stereocenters. The van der Waals surface area contributed by atoms with Crippen LogP contribution in [-0.4, -0.2) is 16.6 Å². The third kappa shape index (κ3) is 3.21. The number of nitrogens with zero attached hydrogens (tertiary/aromatic N) is 2. The number of rotatable bonds is 4. The Morgan fingerprint density at radius 3 is 2.69 bits per heavy atom. The molecular weight excluding hydrogens is 224 g/mol. The molecule has 1 heterocycles. The van der Waals surface area contributed by atoms with E-state index < -0.39 is 0 Å². The minimum absolute atomic E-state index is 0.345. The van der Waals surface area contributed by atoms with Crippen molar-refractivity contribution in [1.82, 2.24) is 9.97 Å². The molecule has 2 rings (SSSR count). The van der Waals surface area contributed by atoms with E-state index in [1.54, 1.807) is 6.20 Å². The fraction of sp³-hybridized carbons (Fsp3) is 0.167. The number of halogens is 1. The average Bonchev–Trinajstić information content (AvgIpc) is 2.30. The van der Waals surface area contributed by atoms with Crippen molar-refractivity contribution in [3.05, 3.63) is 53.4 Å². The summed E-state index contributed by atoms with van der Waals surface area (Å²) in [7, 11) is 0. The largest absolute Gasteiger partial charge is 0.476 e. The maximum Gasteiger partial charge on any atom is 0.233 e. The Hall–Kier alpha value is -1.61. The first-order chi connectivity index (χ1) is 7.84. The number of benzene rings is 1. The zero-order valence-corrected chi connectivity index (χ0v) is 9.39. The van der Waals surface area contributed by atoms with Gasteiger partial charge >= 0.3 is 0 Å². The van der Waals surface area contributed by atoms with Gasteiger partial charge in [-0.2, -0.15) is 4.98 Å². The molecule has 0 fully saturated rings. The van der Waals surface area contributed by atoms with Crippen LogP contribution >= 0.6 is 11.6 Å². The summed E-state index contributed by atoms with van der Waals surface area (Å²) in [5.41, 5.74) is 1.23. The number of aromatic nitrogens is 2. The normalized spacial score (nSPS) is 10.1. The highest BCUT2D eigenvalue weighted by Crippen LogP contribution is 2.09. The molecule has 0 radical (unpaired) electrons. The van der Waals surface area contributed by atoms with Gasteiger partial charge in [-0.3, -0.25) is 4.98 Å². The molecule has 3 nitrogen and oxygen atoms in total. The molecule has 1 aromatic carbocycles. The Morgan fingerprint density at radius 1 is 1.12 bits per heavy atom. The van der Waals surface area contributed by atoms with Gasteiger partial charge in [-0.05, 0) is 5.56 Å². The molecule has 0 unspecified atom stereocenters. The average molecular weight is 235 g/mol. The lowest BCUT2D eigenvalue weighted by Crippen LogP contribution is -2.02. The summed E-state index contributed by atoms with van der Waals surface area (Å²) in [6.07, 6.45) is 3.87. The van der Waals surface area contributed by atoms with Gasteiger partial charge in [0.15, 0.2) is 5.15 Å². The van der Waals surface area contributed by atoms with Crippen LogP contribution in [-0.2, 0) is 6.42 Å². The molecule has 1 aromatic heterocycles. The maximum atomic E-state index is 5.69. The third-order valence-electron chi connectivity index (χ3n) is 2.07. The van der Waals surface area contributed by atoms with Crippen molar-refractivity contribution in [2.45, 2.75) is 6.42 Å². The first-order valence-corrected chi connectivity index (χ1v) is 5.36. The monoisotopic (exact) mass is 234 g/mol. The minimum atomic E-state index is 0.345. The highest BCUT2D eigenvalue weighted by atomic mass is 35.5. The van der Waals surface area contributed by atoms with Crippen molar-refractivity contribution >= 4 is 11.6 Å². The molecule has 4 heteroatoms. The van der Waals surface area contributed by atoms with E-state index in [0.717, 1.165) is 6.42 Å². The second-order valence-electron chi connectivity index (χ2n) is 3.26. The molecule has 0 bridgehead atoms. The molecule has 0 spiro atoms. The van der Waals surface area contributed by atoms with Crippen molar-refractivity contribution in [3.8, 4) is 5.88 Å². The zero-order chi connectivity index (χ0) is 11.2. The van der Waals surface area contributed by atoms with Crippen LogP contribution in [0.4, 0.5) is 0 Å². The minimum Gasteiger partial charge on any atom is -0.476 e. The van der Waals surface area contributed by atoms with Gasteiger partial charge in [0.05, 0.1) is 19.0 Å². The van der Waals surface area contributed by atoms with E-state index in [2.05, 4.69) is 22.1 Å². The van der Waals surface area contributed by atoms with Gasteiger partial charge in [0.2, 0.25) is 5.88 Å². The van der Waals surface area contributed by atoms with Crippen LogP contribution < -0.4 is 4.74 Å². The highest BCUT2D eigenvalue weighted by Gasteiger charge is 1.97. The number of hydrogen-bond donors (Lipinski definition) is 0. The third-order valence-corrected chi connectivity index (χ3v) is 2.25. The summed E-state index contributed by atoms with van der Waals surface area (Å²) in [5, 5.41) is 0.345. The number of hydrogen-bond acceptors (Lipinski definition) is 3. The van der Waals surface area contributed by atoms with E-state index in [1.165, 1.54) is 11.8 Å². The molecule has 0 aliphatic heterocycles. The Balaban J connectivity index is 1.85. The summed E-state index contributed by atoms with van der Waals surface area (Å²) < 4.78 is 5.43. The van der Waals surface area contributed by atoms with Gasteiger partial charge in [0.1, 0.15) is 0 Å². The molecule has 2 aromatic rings. The molecule has 16 heavy (non-hydrogen) atoms. The van der Waals surface area contributed by atoms with E-state index in [1.807, 2.05) is 18.2 Å². The molecular formula is C12H11ClN2O. The van der Waals surface area contributed by atoms with E-state index in [4.69, 9.17) is 16.3 Å². The lowest BCUT2D eigenvalue weighted by atomic mass is 10.2. The first-order valence-electron chi connectivity index (χ1n) is 4.99. The fourth-order valence-electron chi connectivity index (χ4n) is 1.31. The molecule has 0 amide bonds. The van der Waals surface area contributed by atoms with Crippen LogP contribution in [0.25, 0.3) is 0 Å².